The minimum Gasteiger partial charge on any atom is -0.349 e. The Morgan fingerprint density at radius 3 is 2.14 bits per heavy atom. The molecule has 2 rings (SSSR count). The number of amides is 1. The zero-order valence-electron chi connectivity index (χ0n) is 16.9. The molecule has 1 amide bonds. The lowest BCUT2D eigenvalue weighted by molar-refractivity contribution is -0.123. The molecule has 0 radical (unpaired) electrons. The standard InChI is InChI=1S/C21H26Cl2N2O3S/c1-5-19(20(26)24-21(2,3)14-15-9-7-6-8-10-15)25(29(4,27)28)18-12-16(22)11-17(23)13-18/h6-13,19H,5,14H2,1-4H3,(H,24,26)/t19-/m0/s1. The Hall–Kier alpha value is -1.76. The summed E-state index contributed by atoms with van der Waals surface area (Å²) in [6, 6.07) is 13.3. The van der Waals surface area contributed by atoms with E-state index in [0.717, 1.165) is 16.1 Å². The lowest BCUT2D eigenvalue weighted by atomic mass is 9.94. The van der Waals surface area contributed by atoms with Crippen LogP contribution < -0.4 is 9.62 Å². The third-order valence-corrected chi connectivity index (χ3v) is 6.00. The van der Waals surface area contributed by atoms with Crippen molar-refractivity contribution in [2.24, 2.45) is 0 Å². The number of halogens is 2. The molecule has 0 aliphatic heterocycles. The Balaban J connectivity index is 2.33. The summed E-state index contributed by atoms with van der Waals surface area (Å²) in [6.45, 7) is 5.58. The molecule has 1 atom stereocenters. The molecule has 0 spiro atoms. The Bertz CT molecular complexity index is 943. The van der Waals surface area contributed by atoms with Crippen molar-refractivity contribution in [3.8, 4) is 0 Å². The van der Waals surface area contributed by atoms with E-state index in [1.165, 1.54) is 18.2 Å². The predicted octanol–water partition coefficient (Wildman–Crippen LogP) is 4.68. The van der Waals surface area contributed by atoms with Gasteiger partial charge in [-0.05, 0) is 50.5 Å². The van der Waals surface area contributed by atoms with Crippen molar-refractivity contribution in [3.63, 3.8) is 0 Å². The van der Waals surface area contributed by atoms with E-state index in [9.17, 15) is 13.2 Å². The molecule has 5 nitrogen and oxygen atoms in total. The summed E-state index contributed by atoms with van der Waals surface area (Å²) >= 11 is 12.1. The number of benzene rings is 2. The van der Waals surface area contributed by atoms with Crippen molar-refractivity contribution >= 4 is 44.8 Å². The average Bonchev–Trinajstić information content (AvgIpc) is 2.57. The predicted molar refractivity (Wildman–Crippen MR) is 120 cm³/mol. The number of carbonyl (C=O) groups is 1. The van der Waals surface area contributed by atoms with Crippen LogP contribution in [0.5, 0.6) is 0 Å². The third-order valence-electron chi connectivity index (χ3n) is 4.38. The van der Waals surface area contributed by atoms with Crippen LogP contribution in [0.4, 0.5) is 5.69 Å². The second-order valence-corrected chi connectivity index (χ2v) is 10.4. The van der Waals surface area contributed by atoms with Crippen molar-refractivity contribution < 1.29 is 13.2 Å². The van der Waals surface area contributed by atoms with E-state index < -0.39 is 21.6 Å². The quantitative estimate of drug-likeness (QED) is 0.626. The van der Waals surface area contributed by atoms with E-state index >= 15 is 0 Å². The molecule has 0 fully saturated rings. The van der Waals surface area contributed by atoms with Crippen molar-refractivity contribution in [1.29, 1.82) is 0 Å². The highest BCUT2D eigenvalue weighted by Crippen LogP contribution is 2.29. The molecule has 0 unspecified atom stereocenters. The van der Waals surface area contributed by atoms with Gasteiger partial charge in [-0.3, -0.25) is 9.10 Å². The Labute approximate surface area is 183 Å². The second kappa shape index (κ2) is 9.37. The van der Waals surface area contributed by atoms with E-state index in [0.29, 0.717) is 16.5 Å². The summed E-state index contributed by atoms with van der Waals surface area (Å²) in [6.07, 6.45) is 1.95. The zero-order valence-corrected chi connectivity index (χ0v) is 19.3. The topological polar surface area (TPSA) is 66.5 Å². The van der Waals surface area contributed by atoms with Gasteiger partial charge in [0.1, 0.15) is 6.04 Å². The smallest absolute Gasteiger partial charge is 0.244 e. The average molecular weight is 457 g/mol. The first-order chi connectivity index (χ1) is 13.4. The van der Waals surface area contributed by atoms with Crippen LogP contribution in [0.2, 0.25) is 10.0 Å². The number of nitrogens with one attached hydrogen (secondary N) is 1. The van der Waals surface area contributed by atoms with Gasteiger partial charge in [-0.15, -0.1) is 0 Å². The molecule has 0 saturated carbocycles. The SMILES string of the molecule is CC[C@@H](C(=O)NC(C)(C)Cc1ccccc1)N(c1cc(Cl)cc(Cl)c1)S(C)(=O)=O. The summed E-state index contributed by atoms with van der Waals surface area (Å²) in [7, 11) is -3.77. The van der Waals surface area contributed by atoms with Gasteiger partial charge < -0.3 is 5.32 Å². The summed E-state index contributed by atoms with van der Waals surface area (Å²) in [5.41, 5.74) is 0.765. The van der Waals surface area contributed by atoms with Crippen molar-refractivity contribution in [1.82, 2.24) is 5.32 Å². The maximum atomic E-state index is 13.1. The molecule has 158 valence electrons. The fourth-order valence-electron chi connectivity index (χ4n) is 3.29. The normalized spacial score (nSPS) is 13.0. The molecular weight excluding hydrogens is 431 g/mol. The van der Waals surface area contributed by atoms with Gasteiger partial charge >= 0.3 is 0 Å². The molecule has 1 N–H and O–H groups in total. The van der Waals surface area contributed by atoms with Crippen LogP contribution in [-0.4, -0.2) is 32.2 Å². The molecule has 8 heteroatoms. The number of rotatable bonds is 8. The summed E-state index contributed by atoms with van der Waals surface area (Å²) < 4.78 is 26.2. The van der Waals surface area contributed by atoms with Crippen molar-refractivity contribution in [2.45, 2.75) is 45.2 Å². The van der Waals surface area contributed by atoms with E-state index in [1.54, 1.807) is 6.92 Å². The van der Waals surface area contributed by atoms with E-state index in [1.807, 2.05) is 44.2 Å². The number of anilines is 1. The summed E-state index contributed by atoms with van der Waals surface area (Å²) in [4.78, 5) is 13.1. The zero-order chi connectivity index (χ0) is 21.8. The molecule has 0 aromatic heterocycles. The van der Waals surface area contributed by atoms with E-state index in [4.69, 9.17) is 23.2 Å². The van der Waals surface area contributed by atoms with Crippen molar-refractivity contribution in [2.75, 3.05) is 10.6 Å². The molecule has 0 aliphatic carbocycles. The highest BCUT2D eigenvalue weighted by atomic mass is 35.5. The minimum atomic E-state index is -3.77. The van der Waals surface area contributed by atoms with Gasteiger partial charge in [-0.25, -0.2) is 8.42 Å². The Morgan fingerprint density at radius 2 is 1.66 bits per heavy atom. The summed E-state index contributed by atoms with van der Waals surface area (Å²) in [5, 5.41) is 3.58. The van der Waals surface area contributed by atoms with E-state index in [2.05, 4.69) is 5.32 Å². The van der Waals surface area contributed by atoms with Gasteiger partial charge in [0.15, 0.2) is 0 Å². The van der Waals surface area contributed by atoms with Gasteiger partial charge in [-0.1, -0.05) is 60.5 Å². The number of hydrogen-bond donors (Lipinski definition) is 1. The van der Waals surface area contributed by atoms with Crippen LogP contribution in [0.15, 0.2) is 48.5 Å². The van der Waals surface area contributed by atoms with Gasteiger partial charge in [0.2, 0.25) is 15.9 Å². The molecule has 2 aromatic rings. The van der Waals surface area contributed by atoms with Crippen LogP contribution >= 0.6 is 23.2 Å². The maximum Gasteiger partial charge on any atom is 0.244 e. The first-order valence-corrected chi connectivity index (χ1v) is 11.8. The summed E-state index contributed by atoms with van der Waals surface area (Å²) in [5.74, 6) is -0.380. The first kappa shape index (κ1) is 23.5. The molecule has 29 heavy (non-hydrogen) atoms. The van der Waals surface area contributed by atoms with Gasteiger partial charge in [0.05, 0.1) is 11.9 Å². The monoisotopic (exact) mass is 456 g/mol. The number of sulfonamides is 1. The maximum absolute atomic E-state index is 13.1. The van der Waals surface area contributed by atoms with Crippen LogP contribution in [0, 0.1) is 0 Å². The van der Waals surface area contributed by atoms with Crippen LogP contribution in [0.25, 0.3) is 0 Å². The second-order valence-electron chi connectivity index (χ2n) is 7.65. The highest BCUT2D eigenvalue weighted by molar-refractivity contribution is 7.92. The van der Waals surface area contributed by atoms with Gasteiger partial charge in [-0.2, -0.15) is 0 Å². The lowest BCUT2D eigenvalue weighted by Crippen LogP contribution is -2.55. The van der Waals surface area contributed by atoms with E-state index in [-0.39, 0.29) is 18.0 Å². The number of carbonyl (C=O) groups excluding carboxylic acids is 1. The largest absolute Gasteiger partial charge is 0.349 e. The molecule has 0 heterocycles. The molecule has 0 bridgehead atoms. The molecule has 0 aliphatic rings. The number of nitrogens with zero attached hydrogens (tertiary/aromatic N) is 1. The highest BCUT2D eigenvalue weighted by Gasteiger charge is 2.34. The Morgan fingerprint density at radius 1 is 1.10 bits per heavy atom. The Kier molecular flexibility index (Phi) is 7.60. The van der Waals surface area contributed by atoms with Gasteiger partial charge in [0, 0.05) is 15.6 Å². The number of hydrogen-bond acceptors (Lipinski definition) is 3. The van der Waals surface area contributed by atoms with Crippen molar-refractivity contribution in [3.05, 3.63) is 64.1 Å². The van der Waals surface area contributed by atoms with Gasteiger partial charge in [0.25, 0.3) is 0 Å². The molecule has 2 aromatic carbocycles. The molecule has 0 saturated heterocycles. The fraction of sp³-hybridized carbons (Fsp3) is 0.381. The third kappa shape index (κ3) is 6.63. The fourth-order valence-corrected chi connectivity index (χ4v) is 5.00. The van der Waals surface area contributed by atoms with Crippen LogP contribution in [0.3, 0.4) is 0 Å². The van der Waals surface area contributed by atoms with Crippen LogP contribution in [-0.2, 0) is 21.2 Å². The molecular formula is C21H26Cl2N2O3S. The first-order valence-electron chi connectivity index (χ1n) is 9.24. The minimum absolute atomic E-state index is 0.257. The van der Waals surface area contributed by atoms with Crippen LogP contribution in [0.1, 0.15) is 32.8 Å². The lowest BCUT2D eigenvalue weighted by Gasteiger charge is -2.34.